The third-order valence-corrected chi connectivity index (χ3v) is 1.87. The molecule has 0 bridgehead atoms. The Balaban J connectivity index is 2.70. The van der Waals surface area contributed by atoms with Crippen LogP contribution in [0.3, 0.4) is 0 Å². The van der Waals surface area contributed by atoms with E-state index in [0.29, 0.717) is 0 Å². The number of nitrogens with zero attached hydrogens (tertiary/aromatic N) is 1. The molecule has 0 fully saturated rings. The molecule has 0 radical (unpaired) electrons. The van der Waals surface area contributed by atoms with E-state index in [4.69, 9.17) is 12.2 Å². The van der Waals surface area contributed by atoms with E-state index >= 15 is 0 Å². The average Bonchev–Trinajstić information content (AvgIpc) is 2.29. The molecule has 0 spiro atoms. The van der Waals surface area contributed by atoms with E-state index < -0.39 is 17.9 Å². The van der Waals surface area contributed by atoms with Crippen molar-refractivity contribution < 1.29 is 9.59 Å². The molecule has 1 heterocycles. The Morgan fingerprint density at radius 2 is 2.31 bits per heavy atom. The fourth-order valence-electron chi connectivity index (χ4n) is 1.07. The summed E-state index contributed by atoms with van der Waals surface area (Å²) in [5.74, 6) is 1.13. The smallest absolute Gasteiger partial charge is 0.270 e. The molecule has 3 N–H and O–H groups in total. The number of nitrogens with two attached hydrogens (primary N) is 1. The van der Waals surface area contributed by atoms with Gasteiger partial charge in [-0.1, -0.05) is 6.07 Å². The molecule has 1 aromatic heterocycles. The van der Waals surface area contributed by atoms with Gasteiger partial charge in [0.15, 0.2) is 0 Å². The summed E-state index contributed by atoms with van der Waals surface area (Å²) in [6.45, 7) is 0. The van der Waals surface area contributed by atoms with Gasteiger partial charge in [-0.05, 0) is 12.1 Å². The summed E-state index contributed by atoms with van der Waals surface area (Å²) in [5, 5.41) is 2.42. The Morgan fingerprint density at radius 1 is 1.56 bits per heavy atom. The highest BCUT2D eigenvalue weighted by Gasteiger charge is 2.18. The van der Waals surface area contributed by atoms with Crippen LogP contribution in [0.15, 0.2) is 24.4 Å². The van der Waals surface area contributed by atoms with E-state index in [9.17, 15) is 9.59 Å². The van der Waals surface area contributed by atoms with Gasteiger partial charge in [0, 0.05) is 12.6 Å². The second-order valence-corrected chi connectivity index (χ2v) is 3.05. The highest BCUT2D eigenvalue weighted by molar-refractivity contribution is 5.95. The lowest BCUT2D eigenvalue weighted by Crippen LogP contribution is -2.44. The number of rotatable bonds is 4. The molecule has 0 aliphatic heterocycles. The molecular formula is C11H11N3O2. The van der Waals surface area contributed by atoms with Crippen LogP contribution in [0.1, 0.15) is 16.9 Å². The lowest BCUT2D eigenvalue weighted by atomic mass is 10.2. The molecular weight excluding hydrogens is 206 g/mol. The van der Waals surface area contributed by atoms with E-state index in [1.165, 1.54) is 12.3 Å². The number of aromatic nitrogens is 1. The second-order valence-electron chi connectivity index (χ2n) is 3.05. The first-order chi connectivity index (χ1) is 7.65. The summed E-state index contributed by atoms with van der Waals surface area (Å²) in [6.07, 6.45) is 6.60. The Morgan fingerprint density at radius 3 is 2.81 bits per heavy atom. The zero-order valence-electron chi connectivity index (χ0n) is 8.51. The van der Waals surface area contributed by atoms with Crippen LogP contribution in [0.5, 0.6) is 0 Å². The number of hydrogen-bond donors (Lipinski definition) is 2. The van der Waals surface area contributed by atoms with E-state index in [1.807, 2.05) is 0 Å². The minimum atomic E-state index is -0.862. The van der Waals surface area contributed by atoms with Crippen LogP contribution in [0, 0.1) is 12.3 Å². The minimum Gasteiger partial charge on any atom is -0.368 e. The minimum absolute atomic E-state index is 0.0634. The molecule has 5 nitrogen and oxygen atoms in total. The second kappa shape index (κ2) is 5.51. The Hall–Kier alpha value is -2.35. The number of pyridine rings is 1. The molecule has 0 saturated carbocycles. The number of carbonyl (C=O) groups excluding carboxylic acids is 2. The Kier molecular flexibility index (Phi) is 4.04. The first-order valence-corrected chi connectivity index (χ1v) is 4.60. The van der Waals surface area contributed by atoms with E-state index in [-0.39, 0.29) is 12.1 Å². The van der Waals surface area contributed by atoms with Crippen molar-refractivity contribution in [3.05, 3.63) is 30.1 Å². The monoisotopic (exact) mass is 217 g/mol. The van der Waals surface area contributed by atoms with Gasteiger partial charge in [-0.2, -0.15) is 0 Å². The van der Waals surface area contributed by atoms with Crippen molar-refractivity contribution in [2.45, 2.75) is 12.5 Å². The number of carbonyl (C=O) groups is 2. The van der Waals surface area contributed by atoms with Crippen LogP contribution < -0.4 is 11.1 Å². The summed E-state index contributed by atoms with van der Waals surface area (Å²) in [7, 11) is 0. The Labute approximate surface area is 93.1 Å². The maximum Gasteiger partial charge on any atom is 0.270 e. The van der Waals surface area contributed by atoms with Gasteiger partial charge in [0.25, 0.3) is 5.91 Å². The number of primary amides is 1. The van der Waals surface area contributed by atoms with Gasteiger partial charge in [-0.15, -0.1) is 12.3 Å². The Bertz CT molecular complexity index is 423. The average molecular weight is 217 g/mol. The van der Waals surface area contributed by atoms with Crippen LogP contribution in [0.4, 0.5) is 0 Å². The summed E-state index contributed by atoms with van der Waals surface area (Å²) < 4.78 is 0. The molecule has 0 aliphatic rings. The van der Waals surface area contributed by atoms with Crippen molar-refractivity contribution in [3.63, 3.8) is 0 Å². The molecule has 0 saturated heterocycles. The zero-order valence-corrected chi connectivity index (χ0v) is 8.51. The van der Waals surface area contributed by atoms with Crippen LogP contribution in [0.2, 0.25) is 0 Å². The van der Waals surface area contributed by atoms with Gasteiger partial charge in [-0.25, -0.2) is 0 Å². The maximum atomic E-state index is 11.6. The first kappa shape index (κ1) is 11.7. The number of hydrogen-bond acceptors (Lipinski definition) is 3. The predicted molar refractivity (Wildman–Crippen MR) is 58.1 cm³/mol. The third kappa shape index (κ3) is 3.10. The third-order valence-electron chi connectivity index (χ3n) is 1.87. The van der Waals surface area contributed by atoms with E-state index in [2.05, 4.69) is 16.2 Å². The molecule has 0 unspecified atom stereocenters. The molecule has 2 amide bonds. The van der Waals surface area contributed by atoms with Crippen LogP contribution in [0.25, 0.3) is 0 Å². The molecule has 16 heavy (non-hydrogen) atoms. The highest BCUT2D eigenvalue weighted by Crippen LogP contribution is 1.96. The molecule has 0 aliphatic carbocycles. The quantitative estimate of drug-likeness (QED) is 0.678. The van der Waals surface area contributed by atoms with Gasteiger partial charge in [0.2, 0.25) is 5.91 Å². The summed E-state index contributed by atoms with van der Waals surface area (Å²) in [6, 6.07) is 4.02. The molecule has 1 rings (SSSR count). The van der Waals surface area contributed by atoms with E-state index in [0.717, 1.165) is 0 Å². The van der Waals surface area contributed by atoms with Gasteiger partial charge in [0.05, 0.1) is 0 Å². The fourth-order valence-corrected chi connectivity index (χ4v) is 1.07. The normalized spacial score (nSPS) is 11.2. The highest BCUT2D eigenvalue weighted by atomic mass is 16.2. The van der Waals surface area contributed by atoms with Gasteiger partial charge in [-0.3, -0.25) is 14.6 Å². The van der Waals surface area contributed by atoms with Gasteiger partial charge >= 0.3 is 0 Å². The van der Waals surface area contributed by atoms with Gasteiger partial charge < -0.3 is 11.1 Å². The zero-order chi connectivity index (χ0) is 12.0. The summed E-state index contributed by atoms with van der Waals surface area (Å²) in [5.41, 5.74) is 5.29. The molecule has 82 valence electrons. The van der Waals surface area contributed by atoms with Crippen molar-refractivity contribution in [2.75, 3.05) is 0 Å². The van der Waals surface area contributed by atoms with Crippen LogP contribution in [-0.4, -0.2) is 22.8 Å². The first-order valence-electron chi connectivity index (χ1n) is 4.60. The number of terminal acetylenes is 1. The molecule has 0 aromatic carbocycles. The lowest BCUT2D eigenvalue weighted by molar-refractivity contribution is -0.119. The number of amides is 2. The van der Waals surface area contributed by atoms with Crippen molar-refractivity contribution in [2.24, 2.45) is 5.73 Å². The standard InChI is InChI=1S/C11H11N3O2/c1-2-5-8(10(12)15)14-11(16)9-6-3-4-7-13-9/h1,3-4,6-8H,5H2,(H2,12,15)(H,14,16)/t8-/m1/s1. The lowest BCUT2D eigenvalue weighted by Gasteiger charge is -2.11. The topological polar surface area (TPSA) is 85.1 Å². The predicted octanol–water partition coefficient (Wildman–Crippen LogP) is -0.311. The molecule has 1 aromatic rings. The van der Waals surface area contributed by atoms with Crippen LogP contribution >= 0.6 is 0 Å². The maximum absolute atomic E-state index is 11.6. The SMILES string of the molecule is C#CC[C@@H](NC(=O)c1ccccn1)C(N)=O. The van der Waals surface area contributed by atoms with Crippen molar-refractivity contribution in [1.82, 2.24) is 10.3 Å². The number of nitrogens with one attached hydrogen (secondary N) is 1. The van der Waals surface area contributed by atoms with Crippen molar-refractivity contribution in [3.8, 4) is 12.3 Å². The molecule has 5 heteroatoms. The largest absolute Gasteiger partial charge is 0.368 e. The van der Waals surface area contributed by atoms with Crippen molar-refractivity contribution in [1.29, 1.82) is 0 Å². The summed E-state index contributed by atoms with van der Waals surface area (Å²) >= 11 is 0. The van der Waals surface area contributed by atoms with E-state index in [1.54, 1.807) is 12.1 Å². The summed E-state index contributed by atoms with van der Waals surface area (Å²) in [4.78, 5) is 26.4. The van der Waals surface area contributed by atoms with Gasteiger partial charge in [0.1, 0.15) is 11.7 Å². The fraction of sp³-hybridized carbons (Fsp3) is 0.182. The van der Waals surface area contributed by atoms with Crippen molar-refractivity contribution >= 4 is 11.8 Å². The van der Waals surface area contributed by atoms with Crippen LogP contribution in [-0.2, 0) is 4.79 Å². The molecule has 1 atom stereocenters.